The molecule has 100 valence electrons. The summed E-state index contributed by atoms with van der Waals surface area (Å²) in [5.74, 6) is 1.25. The minimum absolute atomic E-state index is 0.186. The summed E-state index contributed by atoms with van der Waals surface area (Å²) < 4.78 is 10.4. The van der Waals surface area contributed by atoms with Crippen LogP contribution in [-0.2, 0) is 0 Å². The normalized spacial score (nSPS) is 11.8. The molecule has 2 amide bonds. The molecule has 1 aromatic heterocycles. The minimum atomic E-state index is -0.414. The van der Waals surface area contributed by atoms with Gasteiger partial charge in [0, 0.05) is 11.8 Å². The molecule has 1 aliphatic heterocycles. The third-order valence-corrected chi connectivity index (χ3v) is 3.47. The van der Waals surface area contributed by atoms with Crippen LogP contribution in [0.1, 0.15) is 5.56 Å². The third kappa shape index (κ3) is 2.37. The molecule has 1 aliphatic rings. The Bertz CT molecular complexity index is 705. The molecule has 0 spiro atoms. The van der Waals surface area contributed by atoms with Gasteiger partial charge in [0.25, 0.3) is 0 Å². The van der Waals surface area contributed by atoms with Crippen LogP contribution in [0.2, 0.25) is 0 Å². The number of hydrogen-bond acceptors (Lipinski definition) is 5. The molecule has 0 bridgehead atoms. The average Bonchev–Trinajstić information content (AvgIpc) is 3.06. The Labute approximate surface area is 118 Å². The molecule has 7 heteroatoms. The summed E-state index contributed by atoms with van der Waals surface area (Å²) in [5, 5.41) is 16.4. The van der Waals surface area contributed by atoms with Gasteiger partial charge in [0.1, 0.15) is 11.1 Å². The van der Waals surface area contributed by atoms with E-state index < -0.39 is 6.03 Å². The summed E-state index contributed by atoms with van der Waals surface area (Å²) in [6, 6.07) is 8.37. The second kappa shape index (κ2) is 5.11. The van der Waals surface area contributed by atoms with E-state index in [0.29, 0.717) is 27.8 Å². The van der Waals surface area contributed by atoms with Gasteiger partial charge in [-0.3, -0.25) is 5.32 Å². The van der Waals surface area contributed by atoms with E-state index in [2.05, 4.69) is 10.6 Å². The number of nitriles is 1. The lowest BCUT2D eigenvalue weighted by molar-refractivity contribution is 0.174. The largest absolute Gasteiger partial charge is 0.454 e. The predicted octanol–water partition coefficient (Wildman–Crippen LogP) is 2.99. The molecule has 0 unspecified atom stereocenters. The predicted molar refractivity (Wildman–Crippen MR) is 74.2 cm³/mol. The van der Waals surface area contributed by atoms with E-state index in [1.165, 1.54) is 11.3 Å². The van der Waals surface area contributed by atoms with Crippen LogP contribution in [0, 0.1) is 11.3 Å². The summed E-state index contributed by atoms with van der Waals surface area (Å²) >= 11 is 1.29. The SMILES string of the molecule is N#Cc1ccsc1NC(=O)Nc1ccc2c(c1)OCO2. The van der Waals surface area contributed by atoms with Gasteiger partial charge < -0.3 is 14.8 Å². The summed E-state index contributed by atoms with van der Waals surface area (Å²) in [5.41, 5.74) is 1.03. The van der Waals surface area contributed by atoms with Crippen LogP contribution in [-0.4, -0.2) is 12.8 Å². The van der Waals surface area contributed by atoms with Gasteiger partial charge >= 0.3 is 6.03 Å². The topological polar surface area (TPSA) is 83.4 Å². The van der Waals surface area contributed by atoms with Crippen LogP contribution in [0.3, 0.4) is 0 Å². The third-order valence-electron chi connectivity index (χ3n) is 2.64. The first-order chi connectivity index (χ1) is 9.76. The Morgan fingerprint density at radius 2 is 2.10 bits per heavy atom. The molecular weight excluding hydrogens is 278 g/mol. The Kier molecular flexibility index (Phi) is 3.15. The molecule has 0 radical (unpaired) electrons. The maximum atomic E-state index is 11.9. The molecule has 2 heterocycles. The standard InChI is InChI=1S/C13H9N3O3S/c14-6-8-3-4-20-12(8)16-13(17)15-9-1-2-10-11(5-9)19-7-18-10/h1-5H,7H2,(H2,15,16,17). The number of nitrogens with one attached hydrogen (secondary N) is 2. The van der Waals surface area contributed by atoms with E-state index in [4.69, 9.17) is 14.7 Å². The van der Waals surface area contributed by atoms with Crippen molar-refractivity contribution >= 4 is 28.1 Å². The second-order valence-corrected chi connectivity index (χ2v) is 4.84. The van der Waals surface area contributed by atoms with Crippen molar-refractivity contribution in [3.8, 4) is 17.6 Å². The van der Waals surface area contributed by atoms with E-state index in [0.717, 1.165) is 0 Å². The van der Waals surface area contributed by atoms with Crippen LogP contribution >= 0.6 is 11.3 Å². The fraction of sp³-hybridized carbons (Fsp3) is 0.0769. The van der Waals surface area contributed by atoms with Gasteiger partial charge in [-0.25, -0.2) is 4.79 Å². The van der Waals surface area contributed by atoms with Crippen LogP contribution in [0.4, 0.5) is 15.5 Å². The molecule has 1 aromatic carbocycles. The van der Waals surface area contributed by atoms with Crippen molar-refractivity contribution in [3.63, 3.8) is 0 Å². The molecule has 6 nitrogen and oxygen atoms in total. The Morgan fingerprint density at radius 1 is 1.25 bits per heavy atom. The van der Waals surface area contributed by atoms with Crippen molar-refractivity contribution in [3.05, 3.63) is 35.2 Å². The molecule has 0 atom stereocenters. The number of ether oxygens (including phenoxy) is 2. The quantitative estimate of drug-likeness (QED) is 0.889. The smallest absolute Gasteiger partial charge is 0.324 e. The fourth-order valence-electron chi connectivity index (χ4n) is 1.73. The van der Waals surface area contributed by atoms with Gasteiger partial charge in [-0.15, -0.1) is 11.3 Å². The first-order valence-corrected chi connectivity index (χ1v) is 6.59. The van der Waals surface area contributed by atoms with E-state index in [-0.39, 0.29) is 6.79 Å². The maximum absolute atomic E-state index is 11.9. The molecule has 20 heavy (non-hydrogen) atoms. The lowest BCUT2D eigenvalue weighted by Crippen LogP contribution is -2.19. The Morgan fingerprint density at radius 3 is 2.95 bits per heavy atom. The van der Waals surface area contributed by atoms with Crippen molar-refractivity contribution in [2.45, 2.75) is 0 Å². The molecule has 2 N–H and O–H groups in total. The number of thiophene rings is 1. The Balaban J connectivity index is 1.69. The van der Waals surface area contributed by atoms with Gasteiger partial charge in [0.15, 0.2) is 11.5 Å². The van der Waals surface area contributed by atoms with Crippen molar-refractivity contribution in [2.24, 2.45) is 0 Å². The van der Waals surface area contributed by atoms with Crippen molar-refractivity contribution in [2.75, 3.05) is 17.4 Å². The van der Waals surface area contributed by atoms with Crippen molar-refractivity contribution in [1.29, 1.82) is 5.26 Å². The number of carbonyl (C=O) groups excluding carboxylic acids is 1. The second-order valence-electron chi connectivity index (χ2n) is 3.92. The zero-order valence-corrected chi connectivity index (χ0v) is 11.0. The number of anilines is 2. The highest BCUT2D eigenvalue weighted by molar-refractivity contribution is 7.14. The van der Waals surface area contributed by atoms with Gasteiger partial charge in [0.05, 0.1) is 5.56 Å². The number of rotatable bonds is 2. The van der Waals surface area contributed by atoms with Gasteiger partial charge in [-0.05, 0) is 23.6 Å². The van der Waals surface area contributed by atoms with Crippen LogP contribution in [0.15, 0.2) is 29.6 Å². The molecule has 0 saturated carbocycles. The highest BCUT2D eigenvalue weighted by Gasteiger charge is 2.14. The molecule has 0 fully saturated rings. The van der Waals surface area contributed by atoms with Gasteiger partial charge in [-0.2, -0.15) is 5.26 Å². The van der Waals surface area contributed by atoms with E-state index >= 15 is 0 Å². The van der Waals surface area contributed by atoms with Gasteiger partial charge in [0.2, 0.25) is 6.79 Å². The van der Waals surface area contributed by atoms with E-state index in [1.807, 2.05) is 6.07 Å². The molecule has 0 saturated heterocycles. The van der Waals surface area contributed by atoms with Crippen LogP contribution in [0.25, 0.3) is 0 Å². The monoisotopic (exact) mass is 287 g/mol. The number of amides is 2. The zero-order valence-electron chi connectivity index (χ0n) is 10.2. The number of hydrogen-bond donors (Lipinski definition) is 2. The number of carbonyl (C=O) groups is 1. The first-order valence-electron chi connectivity index (χ1n) is 5.71. The average molecular weight is 287 g/mol. The Hall–Kier alpha value is -2.72. The van der Waals surface area contributed by atoms with Crippen molar-refractivity contribution < 1.29 is 14.3 Å². The highest BCUT2D eigenvalue weighted by atomic mass is 32.1. The zero-order chi connectivity index (χ0) is 13.9. The summed E-state index contributed by atoms with van der Waals surface area (Å²) in [6.07, 6.45) is 0. The fourth-order valence-corrected chi connectivity index (χ4v) is 2.47. The maximum Gasteiger partial charge on any atom is 0.324 e. The van der Waals surface area contributed by atoms with Crippen LogP contribution < -0.4 is 20.1 Å². The molecule has 0 aliphatic carbocycles. The molecule has 3 rings (SSSR count). The molecule has 2 aromatic rings. The van der Waals surface area contributed by atoms with E-state index in [1.54, 1.807) is 29.6 Å². The lowest BCUT2D eigenvalue weighted by atomic mass is 10.3. The summed E-state index contributed by atoms with van der Waals surface area (Å²) in [7, 11) is 0. The summed E-state index contributed by atoms with van der Waals surface area (Å²) in [4.78, 5) is 11.9. The minimum Gasteiger partial charge on any atom is -0.454 e. The lowest BCUT2D eigenvalue weighted by Gasteiger charge is -2.07. The van der Waals surface area contributed by atoms with Gasteiger partial charge in [-0.1, -0.05) is 0 Å². The van der Waals surface area contributed by atoms with E-state index in [9.17, 15) is 4.79 Å². The number of urea groups is 1. The number of benzene rings is 1. The molecular formula is C13H9N3O3S. The first kappa shape index (κ1) is 12.3. The van der Waals surface area contributed by atoms with Crippen molar-refractivity contribution in [1.82, 2.24) is 0 Å². The number of nitrogens with zero attached hydrogens (tertiary/aromatic N) is 1. The summed E-state index contributed by atoms with van der Waals surface area (Å²) in [6.45, 7) is 0.186. The number of fused-ring (bicyclic) bond motifs is 1. The highest BCUT2D eigenvalue weighted by Crippen LogP contribution is 2.34. The van der Waals surface area contributed by atoms with Crippen LogP contribution in [0.5, 0.6) is 11.5 Å².